The minimum Gasteiger partial charge on any atom is -0.339 e. The Morgan fingerprint density at radius 3 is 2.67 bits per heavy atom. The van der Waals surface area contributed by atoms with Gasteiger partial charge in [0, 0.05) is 37.9 Å². The number of nitrogens with one attached hydrogen (secondary N) is 1. The molecule has 146 valence electrons. The summed E-state index contributed by atoms with van der Waals surface area (Å²) in [6.45, 7) is 6.76. The second kappa shape index (κ2) is 8.89. The monoisotopic (exact) mass is 388 g/mol. The first-order valence-electron chi connectivity index (χ1n) is 9.78. The highest BCUT2D eigenvalue weighted by Gasteiger charge is 2.27. The Kier molecular flexibility index (Phi) is 6.55. The SMILES string of the molecule is Cc1cnn(CC2CCN(C(=O)c3ccccc3C3CCNC3)CC2)c1.Cl. The topological polar surface area (TPSA) is 50.2 Å². The molecular formula is C21H29ClN4O. The van der Waals surface area contributed by atoms with E-state index in [1.807, 2.05) is 27.9 Å². The van der Waals surface area contributed by atoms with Gasteiger partial charge >= 0.3 is 0 Å². The van der Waals surface area contributed by atoms with E-state index in [1.54, 1.807) is 0 Å². The number of benzene rings is 1. The fraction of sp³-hybridized carbons (Fsp3) is 0.524. The molecule has 5 nitrogen and oxygen atoms in total. The van der Waals surface area contributed by atoms with E-state index in [4.69, 9.17) is 0 Å². The molecule has 4 rings (SSSR count). The largest absolute Gasteiger partial charge is 0.339 e. The molecule has 0 radical (unpaired) electrons. The molecule has 1 aromatic carbocycles. The van der Waals surface area contributed by atoms with Crippen LogP contribution >= 0.6 is 12.4 Å². The van der Waals surface area contributed by atoms with Crippen LogP contribution in [0.15, 0.2) is 36.7 Å². The minimum absolute atomic E-state index is 0. The third-order valence-corrected chi connectivity index (χ3v) is 5.80. The third kappa shape index (κ3) is 4.53. The van der Waals surface area contributed by atoms with Crippen molar-refractivity contribution < 1.29 is 4.79 Å². The maximum atomic E-state index is 13.1. The van der Waals surface area contributed by atoms with Crippen LogP contribution in [0.5, 0.6) is 0 Å². The number of hydrogen-bond donors (Lipinski definition) is 1. The van der Waals surface area contributed by atoms with Crippen molar-refractivity contribution in [3.8, 4) is 0 Å². The van der Waals surface area contributed by atoms with Gasteiger partial charge in [-0.3, -0.25) is 9.48 Å². The maximum Gasteiger partial charge on any atom is 0.254 e. The Labute approximate surface area is 167 Å². The van der Waals surface area contributed by atoms with Gasteiger partial charge in [0.05, 0.1) is 6.20 Å². The van der Waals surface area contributed by atoms with Gasteiger partial charge in [0.25, 0.3) is 5.91 Å². The number of carbonyl (C=O) groups excluding carboxylic acids is 1. The second-order valence-corrected chi connectivity index (χ2v) is 7.75. The van der Waals surface area contributed by atoms with Crippen molar-refractivity contribution in [1.29, 1.82) is 0 Å². The van der Waals surface area contributed by atoms with Crippen molar-refractivity contribution in [3.63, 3.8) is 0 Å². The number of nitrogens with zero attached hydrogens (tertiary/aromatic N) is 3. The van der Waals surface area contributed by atoms with Crippen LogP contribution in [0.3, 0.4) is 0 Å². The van der Waals surface area contributed by atoms with Crippen molar-refractivity contribution >= 4 is 18.3 Å². The fourth-order valence-corrected chi connectivity index (χ4v) is 4.29. The number of aryl methyl sites for hydroxylation is 1. The molecular weight excluding hydrogens is 360 g/mol. The van der Waals surface area contributed by atoms with Crippen molar-refractivity contribution in [2.24, 2.45) is 5.92 Å². The van der Waals surface area contributed by atoms with Gasteiger partial charge in [0.1, 0.15) is 0 Å². The number of hydrogen-bond acceptors (Lipinski definition) is 3. The first-order valence-corrected chi connectivity index (χ1v) is 9.78. The highest BCUT2D eigenvalue weighted by molar-refractivity contribution is 5.96. The van der Waals surface area contributed by atoms with Gasteiger partial charge in [-0.05, 0) is 61.8 Å². The smallest absolute Gasteiger partial charge is 0.254 e. The van der Waals surface area contributed by atoms with Crippen molar-refractivity contribution in [2.45, 2.75) is 38.6 Å². The Morgan fingerprint density at radius 2 is 2.00 bits per heavy atom. The zero-order valence-corrected chi connectivity index (χ0v) is 16.8. The molecule has 3 heterocycles. The molecule has 1 amide bonds. The lowest BCUT2D eigenvalue weighted by Gasteiger charge is -2.32. The van der Waals surface area contributed by atoms with Crippen LogP contribution in [0.2, 0.25) is 0 Å². The number of piperidine rings is 1. The second-order valence-electron chi connectivity index (χ2n) is 7.75. The van der Waals surface area contributed by atoms with E-state index in [9.17, 15) is 4.79 Å². The average Bonchev–Trinajstić information content (AvgIpc) is 3.34. The van der Waals surface area contributed by atoms with E-state index in [1.165, 1.54) is 11.1 Å². The first kappa shape index (κ1) is 19.9. The van der Waals surface area contributed by atoms with Crippen LogP contribution in [0.25, 0.3) is 0 Å². The lowest BCUT2D eigenvalue weighted by Crippen LogP contribution is -2.39. The molecule has 2 aliphatic rings. The summed E-state index contributed by atoms with van der Waals surface area (Å²) in [5.41, 5.74) is 3.33. The van der Waals surface area contributed by atoms with Gasteiger partial charge in [-0.25, -0.2) is 0 Å². The van der Waals surface area contributed by atoms with E-state index >= 15 is 0 Å². The summed E-state index contributed by atoms with van der Waals surface area (Å²) in [6.07, 6.45) is 7.24. The third-order valence-electron chi connectivity index (χ3n) is 5.80. The summed E-state index contributed by atoms with van der Waals surface area (Å²) in [4.78, 5) is 15.2. The summed E-state index contributed by atoms with van der Waals surface area (Å²) in [6, 6.07) is 8.20. The molecule has 2 aromatic rings. The maximum absolute atomic E-state index is 13.1. The standard InChI is InChI=1S/C21H28N4O.ClH/c1-16-12-23-25(14-16)15-17-7-10-24(11-8-17)21(26)20-5-3-2-4-19(20)18-6-9-22-13-18;/h2-5,12,14,17-18,22H,6-11,13,15H2,1H3;1H. The Hall–Kier alpha value is -1.85. The molecule has 0 bridgehead atoms. The molecule has 1 N–H and O–H groups in total. The predicted octanol–water partition coefficient (Wildman–Crippen LogP) is 3.24. The number of amides is 1. The molecule has 1 atom stereocenters. The van der Waals surface area contributed by atoms with Crippen molar-refractivity contribution in [2.75, 3.05) is 26.2 Å². The van der Waals surface area contributed by atoms with Gasteiger partial charge in [-0.1, -0.05) is 18.2 Å². The van der Waals surface area contributed by atoms with E-state index in [0.29, 0.717) is 11.8 Å². The van der Waals surface area contributed by atoms with Crippen LogP contribution in [0.1, 0.15) is 46.7 Å². The number of carbonyl (C=O) groups is 1. The summed E-state index contributed by atoms with van der Waals surface area (Å²) in [5.74, 6) is 1.28. The molecule has 2 aliphatic heterocycles. The number of likely N-dealkylation sites (tertiary alicyclic amines) is 1. The van der Waals surface area contributed by atoms with Crippen molar-refractivity contribution in [3.05, 3.63) is 53.3 Å². The highest BCUT2D eigenvalue weighted by atomic mass is 35.5. The molecule has 1 unspecified atom stereocenters. The van der Waals surface area contributed by atoms with Gasteiger partial charge < -0.3 is 10.2 Å². The van der Waals surface area contributed by atoms with Crippen LogP contribution in [-0.2, 0) is 6.54 Å². The van der Waals surface area contributed by atoms with Crippen molar-refractivity contribution in [1.82, 2.24) is 20.0 Å². The minimum atomic E-state index is 0. The van der Waals surface area contributed by atoms with Crippen LogP contribution in [0, 0.1) is 12.8 Å². The van der Waals surface area contributed by atoms with E-state index in [0.717, 1.165) is 57.5 Å². The molecule has 0 spiro atoms. The zero-order valence-electron chi connectivity index (χ0n) is 15.9. The molecule has 0 saturated carbocycles. The summed E-state index contributed by atoms with van der Waals surface area (Å²) in [7, 11) is 0. The number of rotatable bonds is 4. The predicted molar refractivity (Wildman–Crippen MR) is 110 cm³/mol. The van der Waals surface area contributed by atoms with Crippen LogP contribution < -0.4 is 5.32 Å². The van der Waals surface area contributed by atoms with Gasteiger partial charge in [-0.2, -0.15) is 5.10 Å². The molecule has 6 heteroatoms. The Bertz CT molecular complexity index is 761. The van der Waals surface area contributed by atoms with E-state index in [2.05, 4.69) is 35.7 Å². The van der Waals surface area contributed by atoms with Gasteiger partial charge in [-0.15, -0.1) is 12.4 Å². The van der Waals surface area contributed by atoms with Crippen LogP contribution in [0.4, 0.5) is 0 Å². The lowest BCUT2D eigenvalue weighted by atomic mass is 9.91. The van der Waals surface area contributed by atoms with Gasteiger partial charge in [0.2, 0.25) is 0 Å². The Morgan fingerprint density at radius 1 is 1.22 bits per heavy atom. The molecule has 1 aromatic heterocycles. The number of aromatic nitrogens is 2. The first-order chi connectivity index (χ1) is 12.7. The molecule has 0 aliphatic carbocycles. The average molecular weight is 389 g/mol. The van der Waals surface area contributed by atoms with Gasteiger partial charge in [0.15, 0.2) is 0 Å². The fourth-order valence-electron chi connectivity index (χ4n) is 4.29. The van der Waals surface area contributed by atoms with E-state index in [-0.39, 0.29) is 18.3 Å². The normalized spacial score (nSPS) is 20.5. The molecule has 27 heavy (non-hydrogen) atoms. The summed E-state index contributed by atoms with van der Waals surface area (Å²) < 4.78 is 2.04. The lowest BCUT2D eigenvalue weighted by molar-refractivity contribution is 0.0679. The van der Waals surface area contributed by atoms with E-state index < -0.39 is 0 Å². The zero-order chi connectivity index (χ0) is 17.9. The Balaban J connectivity index is 0.00000210. The summed E-state index contributed by atoms with van der Waals surface area (Å²) in [5, 5.41) is 7.81. The molecule has 2 fully saturated rings. The number of halogens is 1. The summed E-state index contributed by atoms with van der Waals surface area (Å²) >= 11 is 0. The quantitative estimate of drug-likeness (QED) is 0.874. The highest BCUT2D eigenvalue weighted by Crippen LogP contribution is 2.28. The molecule has 2 saturated heterocycles. The van der Waals surface area contributed by atoms with Crippen LogP contribution in [-0.4, -0.2) is 46.8 Å².